The summed E-state index contributed by atoms with van der Waals surface area (Å²) in [6, 6.07) is 5.33. The van der Waals surface area contributed by atoms with Gasteiger partial charge in [-0.15, -0.1) is 11.3 Å². The monoisotopic (exact) mass is 510 g/mol. The fourth-order valence-corrected chi connectivity index (χ4v) is 6.06. The number of aromatic nitrogens is 3. The van der Waals surface area contributed by atoms with Crippen molar-refractivity contribution in [1.29, 1.82) is 0 Å². The Kier molecular flexibility index (Phi) is 6.15. The van der Waals surface area contributed by atoms with Gasteiger partial charge in [0.2, 0.25) is 5.88 Å². The fraction of sp³-hybridized carbons (Fsp3) is 0.385. The van der Waals surface area contributed by atoms with Crippen LogP contribution in [0.1, 0.15) is 44.2 Å². The van der Waals surface area contributed by atoms with E-state index in [0.29, 0.717) is 33.9 Å². The second-order valence-corrected chi connectivity index (χ2v) is 10.5. The zero-order valence-electron chi connectivity index (χ0n) is 20.7. The highest BCUT2D eigenvalue weighted by Gasteiger charge is 2.42. The molecule has 0 bridgehead atoms. The first-order chi connectivity index (χ1) is 17.2. The third kappa shape index (κ3) is 4.19. The molecule has 4 aromatic rings. The van der Waals surface area contributed by atoms with Gasteiger partial charge in [-0.2, -0.15) is 0 Å². The summed E-state index contributed by atoms with van der Waals surface area (Å²) >= 11 is 1.45. The van der Waals surface area contributed by atoms with Crippen LogP contribution in [-0.2, 0) is 4.74 Å². The maximum atomic E-state index is 15.2. The number of rotatable bonds is 6. The third-order valence-electron chi connectivity index (χ3n) is 6.37. The number of hydrogen-bond donors (Lipinski definition) is 1. The van der Waals surface area contributed by atoms with Gasteiger partial charge in [0.1, 0.15) is 17.2 Å². The minimum Gasteiger partial charge on any atom is -0.482 e. The Balaban J connectivity index is 1.62. The lowest BCUT2D eigenvalue weighted by Crippen LogP contribution is -2.38. The lowest BCUT2D eigenvalue weighted by Gasteiger charge is -2.26. The summed E-state index contributed by atoms with van der Waals surface area (Å²) in [5.74, 6) is 0.0886. The zero-order valence-corrected chi connectivity index (χ0v) is 21.5. The summed E-state index contributed by atoms with van der Waals surface area (Å²) < 4.78 is 32.8. The first kappa shape index (κ1) is 24.2. The predicted molar refractivity (Wildman–Crippen MR) is 136 cm³/mol. The smallest absolute Gasteiger partial charge is 0.404 e. The van der Waals surface area contributed by atoms with Crippen LogP contribution >= 0.6 is 11.3 Å². The number of amides is 1. The highest BCUT2D eigenvalue weighted by Crippen LogP contribution is 2.49. The average Bonchev–Trinajstić information content (AvgIpc) is 3.38. The number of thiazole rings is 1. The standard InChI is InChI=1S/C26H27FN4O4S/c1-11(2)6-18(34-26(28)32)22-13(4)20-23(35-22)15(27)9-17-24(20)36-25(31-17)14-7-12(3)8-16-21(14)29-10-19(30-16)33-5/h7-11,13,18,22H,6H2,1-5H3,(H2,28,32)/t13-,18?,22-/m0/s1. The lowest BCUT2D eigenvalue weighted by molar-refractivity contribution is 0.00931. The molecule has 0 radical (unpaired) electrons. The average molecular weight is 511 g/mol. The van der Waals surface area contributed by atoms with E-state index in [1.165, 1.54) is 17.4 Å². The first-order valence-corrected chi connectivity index (χ1v) is 12.5. The number of aryl methyl sites for hydroxylation is 1. The fourth-order valence-electron chi connectivity index (χ4n) is 4.86. The van der Waals surface area contributed by atoms with Crippen molar-refractivity contribution < 1.29 is 23.4 Å². The Labute approximate surface area is 211 Å². The number of ether oxygens (including phenoxy) is 3. The van der Waals surface area contributed by atoms with Crippen LogP contribution in [0, 0.1) is 18.7 Å². The quantitative estimate of drug-likeness (QED) is 0.352. The van der Waals surface area contributed by atoms with E-state index in [1.807, 2.05) is 39.8 Å². The minimum atomic E-state index is -0.873. The van der Waals surface area contributed by atoms with Crippen molar-refractivity contribution in [3.05, 3.63) is 41.3 Å². The van der Waals surface area contributed by atoms with E-state index in [1.54, 1.807) is 13.3 Å². The maximum absolute atomic E-state index is 15.2. The molecule has 5 rings (SSSR count). The van der Waals surface area contributed by atoms with E-state index in [0.717, 1.165) is 21.4 Å². The van der Waals surface area contributed by atoms with E-state index >= 15 is 4.39 Å². The molecule has 36 heavy (non-hydrogen) atoms. The van der Waals surface area contributed by atoms with Gasteiger partial charge in [-0.25, -0.2) is 24.1 Å². The normalized spacial score (nSPS) is 17.9. The number of benzene rings is 2. The molecule has 3 heterocycles. The molecule has 1 aliphatic heterocycles. The Hall–Kier alpha value is -3.53. The Morgan fingerprint density at radius 2 is 2.03 bits per heavy atom. The van der Waals surface area contributed by atoms with Crippen LogP contribution in [0.15, 0.2) is 24.4 Å². The molecule has 10 heteroatoms. The number of nitrogens with two attached hydrogens (primary N) is 1. The molecule has 1 amide bonds. The highest BCUT2D eigenvalue weighted by atomic mass is 32.1. The molecule has 0 spiro atoms. The summed E-state index contributed by atoms with van der Waals surface area (Å²) in [6.45, 7) is 7.96. The largest absolute Gasteiger partial charge is 0.482 e. The van der Waals surface area contributed by atoms with Crippen molar-refractivity contribution in [1.82, 2.24) is 15.0 Å². The van der Waals surface area contributed by atoms with E-state index in [4.69, 9.17) is 24.9 Å². The van der Waals surface area contributed by atoms with E-state index < -0.39 is 24.1 Å². The van der Waals surface area contributed by atoms with Gasteiger partial charge in [0, 0.05) is 23.1 Å². The van der Waals surface area contributed by atoms with Crippen LogP contribution in [0.25, 0.3) is 31.8 Å². The summed E-state index contributed by atoms with van der Waals surface area (Å²) in [7, 11) is 1.55. The molecule has 3 atom stereocenters. The number of nitrogens with zero attached hydrogens (tertiary/aromatic N) is 3. The third-order valence-corrected chi connectivity index (χ3v) is 7.51. The molecule has 0 fully saturated rings. The maximum Gasteiger partial charge on any atom is 0.404 e. The number of methoxy groups -OCH3 is 1. The second kappa shape index (κ2) is 9.16. The van der Waals surface area contributed by atoms with Crippen molar-refractivity contribution in [3.63, 3.8) is 0 Å². The minimum absolute atomic E-state index is 0.177. The number of carbonyl (C=O) groups excluding carboxylic acids is 1. The van der Waals surface area contributed by atoms with Crippen molar-refractivity contribution in [3.8, 4) is 22.2 Å². The zero-order chi connectivity index (χ0) is 25.7. The Bertz CT molecular complexity index is 1490. The SMILES string of the molecule is COc1cnc2c(-c3nc4cc(F)c5c(c4s3)[C@H](C)[C@@H](C(CC(C)C)OC(N)=O)O5)cc(C)cc2n1. The van der Waals surface area contributed by atoms with Gasteiger partial charge in [-0.05, 0) is 37.0 Å². The molecule has 8 nitrogen and oxygen atoms in total. The van der Waals surface area contributed by atoms with Gasteiger partial charge in [-0.3, -0.25) is 0 Å². The predicted octanol–water partition coefficient (Wildman–Crippen LogP) is 5.74. The summed E-state index contributed by atoms with van der Waals surface area (Å²) in [6.07, 6.45) is 0.0840. The summed E-state index contributed by atoms with van der Waals surface area (Å²) in [4.78, 5) is 25.4. The molecule has 2 aromatic carbocycles. The van der Waals surface area contributed by atoms with Gasteiger partial charge >= 0.3 is 6.09 Å². The van der Waals surface area contributed by atoms with E-state index in [-0.39, 0.29) is 17.6 Å². The first-order valence-electron chi connectivity index (χ1n) is 11.7. The van der Waals surface area contributed by atoms with Crippen LogP contribution < -0.4 is 15.2 Å². The van der Waals surface area contributed by atoms with Crippen LogP contribution in [0.5, 0.6) is 11.6 Å². The van der Waals surface area contributed by atoms with Gasteiger partial charge < -0.3 is 19.9 Å². The Morgan fingerprint density at radius 1 is 1.25 bits per heavy atom. The molecule has 0 aliphatic carbocycles. The molecule has 2 aromatic heterocycles. The van der Waals surface area contributed by atoms with Crippen LogP contribution in [0.2, 0.25) is 0 Å². The molecule has 1 unspecified atom stereocenters. The van der Waals surface area contributed by atoms with Crippen LogP contribution in [0.3, 0.4) is 0 Å². The van der Waals surface area contributed by atoms with Gasteiger partial charge in [0.05, 0.1) is 34.6 Å². The number of primary amides is 1. The van der Waals surface area contributed by atoms with Gasteiger partial charge in [0.25, 0.3) is 0 Å². The lowest BCUT2D eigenvalue weighted by atomic mass is 9.90. The molecule has 188 valence electrons. The summed E-state index contributed by atoms with van der Waals surface area (Å²) in [5, 5.41) is 0.703. The highest BCUT2D eigenvalue weighted by molar-refractivity contribution is 7.22. The van der Waals surface area contributed by atoms with E-state index in [9.17, 15) is 4.79 Å². The number of carbonyl (C=O) groups is 1. The molecule has 1 aliphatic rings. The van der Waals surface area contributed by atoms with Crippen molar-refractivity contribution in [2.45, 2.75) is 52.2 Å². The van der Waals surface area contributed by atoms with Crippen LogP contribution in [-0.4, -0.2) is 40.4 Å². The van der Waals surface area contributed by atoms with Gasteiger partial charge in [0.15, 0.2) is 11.6 Å². The molecular formula is C26H27FN4O4S. The molecule has 2 N–H and O–H groups in total. The molecular weight excluding hydrogens is 483 g/mol. The topological polar surface area (TPSA) is 109 Å². The van der Waals surface area contributed by atoms with E-state index in [2.05, 4.69) is 9.97 Å². The molecule has 0 saturated heterocycles. The van der Waals surface area contributed by atoms with Crippen molar-refractivity contribution in [2.75, 3.05) is 7.11 Å². The Morgan fingerprint density at radius 3 is 2.72 bits per heavy atom. The summed E-state index contributed by atoms with van der Waals surface area (Å²) in [5.41, 5.74) is 9.78. The van der Waals surface area contributed by atoms with Crippen LogP contribution in [0.4, 0.5) is 9.18 Å². The molecule has 0 saturated carbocycles. The second-order valence-electron chi connectivity index (χ2n) is 9.54. The number of hydrogen-bond acceptors (Lipinski definition) is 8. The number of halogens is 1. The van der Waals surface area contributed by atoms with Crippen molar-refractivity contribution in [2.24, 2.45) is 11.7 Å². The number of fused-ring (bicyclic) bond motifs is 4. The van der Waals surface area contributed by atoms with Gasteiger partial charge in [-0.1, -0.05) is 20.8 Å². The van der Waals surface area contributed by atoms with Crippen molar-refractivity contribution >= 4 is 38.7 Å².